The Kier molecular flexibility index (Phi) is 5.56. The third-order valence-electron chi connectivity index (χ3n) is 3.80. The Balaban J connectivity index is 2.29. The van der Waals surface area contributed by atoms with E-state index < -0.39 is 23.2 Å². The first-order valence-corrected chi connectivity index (χ1v) is 7.38. The molecule has 7 heteroatoms. The number of hydrogen-bond donors (Lipinski definition) is 1. The first kappa shape index (κ1) is 17.9. The molecule has 0 heterocycles. The van der Waals surface area contributed by atoms with Crippen molar-refractivity contribution < 1.29 is 18.1 Å². The lowest BCUT2D eigenvalue weighted by atomic mass is 9.88. The molecule has 0 saturated heterocycles. The van der Waals surface area contributed by atoms with Crippen LogP contribution in [-0.4, -0.2) is 24.2 Å². The van der Waals surface area contributed by atoms with Crippen molar-refractivity contribution in [2.24, 2.45) is 0 Å². The van der Waals surface area contributed by atoms with Gasteiger partial charge in [-0.25, -0.2) is 0 Å². The van der Waals surface area contributed by atoms with Gasteiger partial charge in [0.2, 0.25) is 12.1 Å². The second kappa shape index (κ2) is 7.44. The topological polar surface area (TPSA) is 55.2 Å². The van der Waals surface area contributed by atoms with E-state index >= 15 is 0 Å². The number of hydrogen-bond acceptors (Lipinski definition) is 3. The van der Waals surface area contributed by atoms with Crippen LogP contribution in [0.15, 0.2) is 60.7 Å². The first-order chi connectivity index (χ1) is 11.3. The molecule has 0 unspecified atom stereocenters. The summed E-state index contributed by atoms with van der Waals surface area (Å²) in [7, 11) is 0. The Bertz CT molecular complexity index is 663. The van der Waals surface area contributed by atoms with Gasteiger partial charge < -0.3 is 0 Å². The molecular weight excluding hydrogens is 321 g/mol. The van der Waals surface area contributed by atoms with Gasteiger partial charge in [0, 0.05) is 11.5 Å². The summed E-state index contributed by atoms with van der Waals surface area (Å²) in [4.78, 5) is 10.00. The van der Waals surface area contributed by atoms with E-state index in [0.29, 0.717) is 6.42 Å². The lowest BCUT2D eigenvalue weighted by Crippen LogP contribution is -2.58. The summed E-state index contributed by atoms with van der Waals surface area (Å²) < 4.78 is 41.3. The van der Waals surface area contributed by atoms with E-state index in [2.05, 4.69) is 5.32 Å². The molecule has 2 aromatic rings. The molecule has 2 aromatic carbocycles. The molecule has 1 atom stereocenters. The van der Waals surface area contributed by atoms with Crippen molar-refractivity contribution >= 4 is 0 Å². The number of nitro groups is 1. The predicted octanol–water partition coefficient (Wildman–Crippen LogP) is 3.55. The third kappa shape index (κ3) is 4.11. The van der Waals surface area contributed by atoms with Gasteiger partial charge in [-0.05, 0) is 17.5 Å². The molecule has 0 aliphatic carbocycles. The van der Waals surface area contributed by atoms with Crippen LogP contribution in [0.5, 0.6) is 0 Å². The fourth-order valence-electron chi connectivity index (χ4n) is 2.58. The largest absolute Gasteiger partial charge is 0.417 e. The van der Waals surface area contributed by atoms with Gasteiger partial charge in [-0.15, -0.1) is 0 Å². The van der Waals surface area contributed by atoms with Crippen LogP contribution in [0.1, 0.15) is 11.1 Å². The summed E-state index contributed by atoms with van der Waals surface area (Å²) in [5.41, 5.74) is -2.02. The number of nitrogens with one attached hydrogen (secondary N) is 1. The molecule has 0 bridgehead atoms. The van der Waals surface area contributed by atoms with Gasteiger partial charge >= 0.3 is 6.18 Å². The van der Waals surface area contributed by atoms with E-state index in [9.17, 15) is 23.3 Å². The molecule has 0 amide bonds. The van der Waals surface area contributed by atoms with E-state index in [1.165, 1.54) is 24.3 Å². The standard InChI is InChI=1S/C17H17F3N2O2/c18-17(19,20)16(13-22(23)24,15-9-5-2-6-10-15)21-12-11-14-7-3-1-4-8-14/h1-10,21H,11-13H2/t16-/m0/s1. The van der Waals surface area contributed by atoms with Crippen LogP contribution in [-0.2, 0) is 12.0 Å². The Morgan fingerprint density at radius 1 is 0.958 bits per heavy atom. The number of benzene rings is 2. The highest BCUT2D eigenvalue weighted by Gasteiger charge is 2.59. The van der Waals surface area contributed by atoms with Crippen LogP contribution in [0.2, 0.25) is 0 Å². The van der Waals surface area contributed by atoms with E-state index in [1.807, 2.05) is 6.07 Å². The zero-order chi connectivity index (χ0) is 17.6. The average Bonchev–Trinajstić information content (AvgIpc) is 2.54. The smallest absolute Gasteiger partial charge is 0.294 e. The molecule has 24 heavy (non-hydrogen) atoms. The van der Waals surface area contributed by atoms with E-state index in [4.69, 9.17) is 0 Å². The Morgan fingerprint density at radius 3 is 2.00 bits per heavy atom. The fraction of sp³-hybridized carbons (Fsp3) is 0.294. The van der Waals surface area contributed by atoms with Crippen LogP contribution in [0, 0.1) is 10.1 Å². The van der Waals surface area contributed by atoms with Crippen molar-refractivity contribution in [1.29, 1.82) is 0 Å². The molecule has 4 nitrogen and oxygen atoms in total. The maximum Gasteiger partial charge on any atom is 0.417 e. The maximum atomic E-state index is 13.8. The van der Waals surface area contributed by atoms with Crippen LogP contribution < -0.4 is 5.32 Å². The monoisotopic (exact) mass is 338 g/mol. The van der Waals surface area contributed by atoms with Gasteiger partial charge in [0.1, 0.15) is 0 Å². The Morgan fingerprint density at radius 2 is 1.50 bits per heavy atom. The highest BCUT2D eigenvalue weighted by atomic mass is 19.4. The normalized spacial score (nSPS) is 14.1. The van der Waals surface area contributed by atoms with E-state index in [0.717, 1.165) is 5.56 Å². The van der Waals surface area contributed by atoms with Gasteiger partial charge in [0.05, 0.1) is 0 Å². The molecule has 0 spiro atoms. The summed E-state index contributed by atoms with van der Waals surface area (Å²) >= 11 is 0. The minimum absolute atomic E-state index is 0.0355. The summed E-state index contributed by atoms with van der Waals surface area (Å²) in [6.07, 6.45) is -4.47. The van der Waals surface area contributed by atoms with Crippen LogP contribution in [0.3, 0.4) is 0 Å². The highest BCUT2D eigenvalue weighted by molar-refractivity contribution is 5.27. The van der Waals surface area contributed by atoms with E-state index in [-0.39, 0.29) is 12.1 Å². The van der Waals surface area contributed by atoms with Gasteiger partial charge in [0.25, 0.3) is 0 Å². The molecule has 0 aliphatic heterocycles. The lowest BCUT2D eigenvalue weighted by molar-refractivity contribution is -0.504. The number of alkyl halides is 3. The van der Waals surface area contributed by atoms with Crippen molar-refractivity contribution in [3.05, 3.63) is 81.9 Å². The SMILES string of the molecule is O=[N+]([O-])C[C@](NCCc1ccccc1)(c1ccccc1)C(F)(F)F. The van der Waals surface area contributed by atoms with Crippen molar-refractivity contribution in [2.45, 2.75) is 18.1 Å². The van der Waals surface area contributed by atoms with Crippen molar-refractivity contribution in [1.82, 2.24) is 5.32 Å². The van der Waals surface area contributed by atoms with Gasteiger partial charge in [-0.2, -0.15) is 13.2 Å². The van der Waals surface area contributed by atoms with Gasteiger partial charge in [0.15, 0.2) is 0 Å². The van der Waals surface area contributed by atoms with Gasteiger partial charge in [-0.3, -0.25) is 15.4 Å². The van der Waals surface area contributed by atoms with Crippen molar-refractivity contribution in [3.8, 4) is 0 Å². The number of rotatable bonds is 7. The zero-order valence-electron chi connectivity index (χ0n) is 12.8. The third-order valence-corrected chi connectivity index (χ3v) is 3.80. The quantitative estimate of drug-likeness (QED) is 0.620. The summed E-state index contributed by atoms with van der Waals surface area (Å²) in [6, 6.07) is 16.0. The van der Waals surface area contributed by atoms with Crippen LogP contribution in [0.4, 0.5) is 13.2 Å². The average molecular weight is 338 g/mol. The molecule has 128 valence electrons. The number of nitrogens with zero attached hydrogens (tertiary/aromatic N) is 1. The first-order valence-electron chi connectivity index (χ1n) is 7.38. The molecule has 0 saturated carbocycles. The molecule has 0 fully saturated rings. The second-order valence-electron chi connectivity index (χ2n) is 5.42. The second-order valence-corrected chi connectivity index (χ2v) is 5.42. The molecule has 0 aromatic heterocycles. The zero-order valence-corrected chi connectivity index (χ0v) is 12.8. The minimum atomic E-state index is -4.81. The van der Waals surface area contributed by atoms with Gasteiger partial charge in [-0.1, -0.05) is 60.7 Å². The van der Waals surface area contributed by atoms with Crippen LogP contribution >= 0.6 is 0 Å². The summed E-state index contributed by atoms with van der Waals surface area (Å²) in [5.74, 6) is 0. The summed E-state index contributed by atoms with van der Waals surface area (Å²) in [6.45, 7) is -1.30. The van der Waals surface area contributed by atoms with Crippen LogP contribution in [0.25, 0.3) is 0 Å². The molecule has 1 N–H and O–H groups in total. The molecular formula is C17H17F3N2O2. The Labute approximate surface area is 137 Å². The molecule has 0 radical (unpaired) electrons. The predicted molar refractivity (Wildman–Crippen MR) is 84.2 cm³/mol. The molecule has 2 rings (SSSR count). The molecule has 0 aliphatic rings. The Hall–Kier alpha value is -2.41. The van der Waals surface area contributed by atoms with Crippen molar-refractivity contribution in [2.75, 3.05) is 13.1 Å². The highest BCUT2D eigenvalue weighted by Crippen LogP contribution is 2.39. The van der Waals surface area contributed by atoms with Crippen molar-refractivity contribution in [3.63, 3.8) is 0 Å². The summed E-state index contributed by atoms with van der Waals surface area (Å²) in [5, 5.41) is 13.3. The minimum Gasteiger partial charge on any atom is -0.294 e. The fourth-order valence-corrected chi connectivity index (χ4v) is 2.58. The lowest BCUT2D eigenvalue weighted by Gasteiger charge is -2.33. The van der Waals surface area contributed by atoms with E-state index in [1.54, 1.807) is 30.3 Å². The number of halogens is 3. The maximum absolute atomic E-state index is 13.8.